The molecule has 0 radical (unpaired) electrons. The van der Waals surface area contributed by atoms with Crippen LogP contribution in [0.5, 0.6) is 5.75 Å². The van der Waals surface area contributed by atoms with E-state index in [4.69, 9.17) is 16.3 Å². The molecule has 3 heterocycles. The van der Waals surface area contributed by atoms with Crippen molar-refractivity contribution in [3.05, 3.63) is 100 Å². The van der Waals surface area contributed by atoms with Crippen molar-refractivity contribution in [1.82, 2.24) is 9.71 Å². The largest absolute Gasteiger partial charge is 0.490 e. The van der Waals surface area contributed by atoms with Gasteiger partial charge in [0, 0.05) is 46.8 Å². The van der Waals surface area contributed by atoms with Gasteiger partial charge in [-0.1, -0.05) is 36.7 Å². The third-order valence-electron chi connectivity index (χ3n) is 11.3. The Kier molecular flexibility index (Phi) is 8.57. The van der Waals surface area contributed by atoms with Crippen LogP contribution in [0.15, 0.2) is 66.9 Å². The minimum absolute atomic E-state index is 0.0300. The van der Waals surface area contributed by atoms with Crippen LogP contribution in [0.1, 0.15) is 73.0 Å². The molecule has 4 aliphatic rings. The highest BCUT2D eigenvalue weighted by atomic mass is 35.5. The maximum Gasteiger partial charge on any atom is 0.264 e. The standard InChI is InChI=1S/C37H41ClFN3O5S/c1-23-6-3-16-37(44,31-8-5-17-40-34(31)39)30-12-9-27(30)20-42-21-36(15-4-7-25-18-28(38)11-13-29(25)36)22-47-33-14-10-26(19-32(33)42)35(43)41-48(45,46)24(23)2/h3,5,8,10-11,13-14,16-19,23-24,27,30,44H,4,6-7,9,12,15,20-22H2,1-2H3,(H,41,43)/b16-3-/t23-,24+,27-,30+,36-,37-/m0/s1. The maximum absolute atomic E-state index is 15.3. The Labute approximate surface area is 286 Å². The summed E-state index contributed by atoms with van der Waals surface area (Å²) in [7, 11) is -4.05. The summed E-state index contributed by atoms with van der Waals surface area (Å²) in [5.41, 5.74) is 1.35. The molecule has 1 amide bonds. The highest BCUT2D eigenvalue weighted by molar-refractivity contribution is 7.90. The van der Waals surface area contributed by atoms with Crippen molar-refractivity contribution >= 4 is 33.2 Å². The fourth-order valence-electron chi connectivity index (χ4n) is 8.24. The summed E-state index contributed by atoms with van der Waals surface area (Å²) >= 11 is 6.42. The number of aromatic nitrogens is 1. The van der Waals surface area contributed by atoms with Crippen molar-refractivity contribution in [1.29, 1.82) is 0 Å². The van der Waals surface area contributed by atoms with Gasteiger partial charge in [0.15, 0.2) is 0 Å². The minimum atomic E-state index is -4.05. The van der Waals surface area contributed by atoms with Crippen molar-refractivity contribution in [2.24, 2.45) is 17.8 Å². The smallest absolute Gasteiger partial charge is 0.264 e. The van der Waals surface area contributed by atoms with Crippen LogP contribution in [0.3, 0.4) is 0 Å². The average Bonchev–Trinajstić information content (AvgIpc) is 3.18. The van der Waals surface area contributed by atoms with Gasteiger partial charge in [0.05, 0.1) is 17.5 Å². The van der Waals surface area contributed by atoms with Crippen molar-refractivity contribution in [3.8, 4) is 5.75 Å². The topological polar surface area (TPSA) is 109 Å². The van der Waals surface area contributed by atoms with E-state index in [1.807, 2.05) is 12.1 Å². The molecule has 2 aromatic carbocycles. The Bertz CT molecular complexity index is 1890. The third kappa shape index (κ3) is 5.79. The number of nitrogens with one attached hydrogen (secondary N) is 1. The first-order valence-corrected chi connectivity index (χ1v) is 18.7. The molecule has 3 aromatic rings. The molecule has 2 N–H and O–H groups in total. The predicted molar refractivity (Wildman–Crippen MR) is 183 cm³/mol. The van der Waals surface area contributed by atoms with Gasteiger partial charge in [0.25, 0.3) is 5.91 Å². The normalized spacial score (nSPS) is 32.1. The number of nitrogens with zero attached hydrogens (tertiary/aromatic N) is 2. The van der Waals surface area contributed by atoms with E-state index >= 15 is 4.39 Å². The second-order valence-electron chi connectivity index (χ2n) is 14.2. The lowest BCUT2D eigenvalue weighted by atomic mass is 9.62. The lowest BCUT2D eigenvalue weighted by molar-refractivity contribution is -0.0526. The Morgan fingerprint density at radius 2 is 1.96 bits per heavy atom. The van der Waals surface area contributed by atoms with Gasteiger partial charge in [-0.2, -0.15) is 4.39 Å². The van der Waals surface area contributed by atoms with Gasteiger partial charge in [-0.15, -0.1) is 0 Å². The van der Waals surface area contributed by atoms with E-state index in [2.05, 4.69) is 20.7 Å². The monoisotopic (exact) mass is 693 g/mol. The van der Waals surface area contributed by atoms with E-state index in [9.17, 15) is 18.3 Å². The van der Waals surface area contributed by atoms with Gasteiger partial charge >= 0.3 is 0 Å². The van der Waals surface area contributed by atoms with E-state index in [0.29, 0.717) is 49.0 Å². The molecule has 1 spiro atoms. The van der Waals surface area contributed by atoms with Crippen molar-refractivity contribution < 1.29 is 27.4 Å². The number of carbonyl (C=O) groups excluding carboxylic acids is 1. The fraction of sp³-hybridized carbons (Fsp3) is 0.459. The zero-order valence-electron chi connectivity index (χ0n) is 27.2. The van der Waals surface area contributed by atoms with Gasteiger partial charge in [0.1, 0.15) is 11.4 Å². The number of carbonyl (C=O) groups is 1. The second-order valence-corrected chi connectivity index (χ2v) is 16.7. The second kappa shape index (κ2) is 12.4. The van der Waals surface area contributed by atoms with Crippen LogP contribution in [0, 0.1) is 23.7 Å². The molecular formula is C37H41ClFN3O5S. The molecule has 1 fully saturated rings. The Morgan fingerprint density at radius 1 is 1.12 bits per heavy atom. The number of allylic oxidation sites excluding steroid dienone is 1. The molecule has 11 heteroatoms. The molecular weight excluding hydrogens is 653 g/mol. The number of hydrogen-bond acceptors (Lipinski definition) is 7. The molecule has 7 rings (SSSR count). The number of amides is 1. The zero-order chi connectivity index (χ0) is 33.8. The minimum Gasteiger partial charge on any atom is -0.490 e. The summed E-state index contributed by atoms with van der Waals surface area (Å²) in [6.45, 7) is 4.85. The molecule has 2 aliphatic heterocycles. The molecule has 8 nitrogen and oxygen atoms in total. The molecule has 254 valence electrons. The van der Waals surface area contributed by atoms with E-state index in [-0.39, 0.29) is 28.4 Å². The molecule has 48 heavy (non-hydrogen) atoms. The summed E-state index contributed by atoms with van der Waals surface area (Å²) in [6.07, 6.45) is 9.29. The lowest BCUT2D eigenvalue weighted by Crippen LogP contribution is -2.51. The number of sulfonamides is 1. The maximum atomic E-state index is 15.3. The van der Waals surface area contributed by atoms with E-state index < -0.39 is 38.6 Å². The van der Waals surface area contributed by atoms with Crippen LogP contribution in [0.2, 0.25) is 5.02 Å². The number of aryl methyl sites for hydroxylation is 1. The predicted octanol–water partition coefficient (Wildman–Crippen LogP) is 6.31. The number of hydrogen-bond donors (Lipinski definition) is 2. The summed E-state index contributed by atoms with van der Waals surface area (Å²) in [4.78, 5) is 19.6. The molecule has 0 unspecified atom stereocenters. The van der Waals surface area contributed by atoms with Crippen LogP contribution >= 0.6 is 11.6 Å². The van der Waals surface area contributed by atoms with Crippen LogP contribution in [0.4, 0.5) is 10.1 Å². The number of fused-ring (bicyclic) bond motifs is 4. The van der Waals surface area contributed by atoms with Crippen LogP contribution in [-0.4, -0.2) is 49.4 Å². The number of ether oxygens (including phenoxy) is 1. The number of aliphatic hydroxyl groups is 1. The molecule has 1 saturated carbocycles. The molecule has 2 bridgehead atoms. The quantitative estimate of drug-likeness (QED) is 0.227. The fourth-order valence-corrected chi connectivity index (χ4v) is 9.72. The molecule has 0 saturated heterocycles. The van der Waals surface area contributed by atoms with Crippen LogP contribution in [0.25, 0.3) is 0 Å². The molecule has 2 aliphatic carbocycles. The summed E-state index contributed by atoms with van der Waals surface area (Å²) in [5, 5.41) is 12.2. The number of anilines is 1. The number of pyridine rings is 1. The van der Waals surface area contributed by atoms with Crippen molar-refractivity contribution in [2.45, 2.75) is 68.6 Å². The average molecular weight is 694 g/mol. The zero-order valence-corrected chi connectivity index (χ0v) is 28.7. The van der Waals surface area contributed by atoms with E-state index in [1.54, 1.807) is 56.3 Å². The first-order chi connectivity index (χ1) is 22.9. The number of benzene rings is 2. The number of halogens is 2. The van der Waals surface area contributed by atoms with Crippen LogP contribution < -0.4 is 14.4 Å². The summed E-state index contributed by atoms with van der Waals surface area (Å²) in [5.74, 6) is -1.59. The highest BCUT2D eigenvalue weighted by Crippen LogP contribution is 2.51. The lowest BCUT2D eigenvalue weighted by Gasteiger charge is -2.49. The van der Waals surface area contributed by atoms with Crippen molar-refractivity contribution in [3.63, 3.8) is 0 Å². The Hall–Kier alpha value is -3.47. The van der Waals surface area contributed by atoms with E-state index in [0.717, 1.165) is 25.7 Å². The Balaban J connectivity index is 1.36. The number of rotatable bonds is 1. The molecule has 6 atom stereocenters. The Morgan fingerprint density at radius 3 is 2.73 bits per heavy atom. The van der Waals surface area contributed by atoms with Gasteiger partial charge in [-0.3, -0.25) is 4.79 Å². The first-order valence-electron chi connectivity index (χ1n) is 16.8. The summed E-state index contributed by atoms with van der Waals surface area (Å²) < 4.78 is 51.0. The summed E-state index contributed by atoms with van der Waals surface area (Å²) in [6, 6.07) is 14.3. The molecule has 1 aromatic heterocycles. The van der Waals surface area contributed by atoms with E-state index in [1.165, 1.54) is 17.3 Å². The highest BCUT2D eigenvalue weighted by Gasteiger charge is 2.50. The van der Waals surface area contributed by atoms with Gasteiger partial charge < -0.3 is 14.7 Å². The van der Waals surface area contributed by atoms with Gasteiger partial charge in [-0.25, -0.2) is 18.1 Å². The van der Waals surface area contributed by atoms with Crippen molar-refractivity contribution in [2.75, 3.05) is 24.6 Å². The SMILES string of the molecule is C[C@@H]1[C@@H](C)C/C=C\[C@@](O)(c2cccnc2F)[C@@H]2CC[C@H]2CN2C[C@@]3(CCCc4cc(Cl)ccc43)COc3ccc(cc32)C(=O)NS1(=O)=O. The first kappa shape index (κ1) is 33.0. The van der Waals surface area contributed by atoms with Gasteiger partial charge in [-0.05, 0) is 111 Å². The third-order valence-corrected chi connectivity index (χ3v) is 13.5. The van der Waals surface area contributed by atoms with Gasteiger partial charge in [0.2, 0.25) is 16.0 Å². The van der Waals surface area contributed by atoms with Crippen LogP contribution in [-0.2, 0) is 27.5 Å².